The lowest BCUT2D eigenvalue weighted by Gasteiger charge is -2.23. The third kappa shape index (κ3) is 4.73. The minimum atomic E-state index is -0.0505. The molecule has 1 unspecified atom stereocenters. The average Bonchev–Trinajstić information content (AvgIpc) is 3.25. The second-order valence-corrected chi connectivity index (χ2v) is 8.70. The van der Waals surface area contributed by atoms with E-state index in [1.165, 1.54) is 0 Å². The molecule has 5 rings (SSSR count). The molecule has 0 saturated carbocycles. The first-order chi connectivity index (χ1) is 16.1. The zero-order chi connectivity index (χ0) is 22.8. The van der Waals surface area contributed by atoms with Crippen LogP contribution < -0.4 is 11.1 Å². The van der Waals surface area contributed by atoms with E-state index in [9.17, 15) is 0 Å². The van der Waals surface area contributed by atoms with Gasteiger partial charge in [0.15, 0.2) is 12.1 Å². The smallest absolute Gasteiger partial charge is 0.228 e. The summed E-state index contributed by atoms with van der Waals surface area (Å²) >= 11 is 12.4. The number of halogens is 2. The Kier molecular flexibility index (Phi) is 6.30. The van der Waals surface area contributed by atoms with E-state index in [-0.39, 0.29) is 12.2 Å². The summed E-state index contributed by atoms with van der Waals surface area (Å²) in [6.07, 6.45) is 5.63. The van der Waals surface area contributed by atoms with Crippen molar-refractivity contribution in [3.8, 4) is 11.4 Å². The van der Waals surface area contributed by atoms with Gasteiger partial charge in [-0.3, -0.25) is 0 Å². The summed E-state index contributed by atoms with van der Waals surface area (Å²) in [4.78, 5) is 13.1. The van der Waals surface area contributed by atoms with Crippen LogP contribution in [0.3, 0.4) is 0 Å². The highest BCUT2D eigenvalue weighted by atomic mass is 35.5. The fourth-order valence-electron chi connectivity index (χ4n) is 3.97. The monoisotopic (exact) mass is 483 g/mol. The van der Waals surface area contributed by atoms with Gasteiger partial charge in [0.2, 0.25) is 11.9 Å². The third-order valence-electron chi connectivity index (χ3n) is 5.65. The zero-order valence-electron chi connectivity index (χ0n) is 17.8. The van der Waals surface area contributed by atoms with Crippen molar-refractivity contribution < 1.29 is 4.74 Å². The lowest BCUT2D eigenvalue weighted by molar-refractivity contribution is -0.0366. The summed E-state index contributed by atoms with van der Waals surface area (Å²) in [5.74, 6) is 1.04. The van der Waals surface area contributed by atoms with Crippen LogP contribution in [0.25, 0.3) is 22.3 Å². The lowest BCUT2D eigenvalue weighted by atomic mass is 10.1. The molecule has 0 amide bonds. The Morgan fingerprint density at radius 2 is 2.03 bits per heavy atom. The van der Waals surface area contributed by atoms with Gasteiger partial charge in [-0.05, 0) is 43.4 Å². The van der Waals surface area contributed by atoms with Gasteiger partial charge < -0.3 is 15.8 Å². The number of hydrogen-bond acceptors (Lipinski definition) is 7. The van der Waals surface area contributed by atoms with Crippen molar-refractivity contribution in [2.75, 3.05) is 24.2 Å². The van der Waals surface area contributed by atoms with Crippen LogP contribution in [0.5, 0.6) is 0 Å². The highest BCUT2D eigenvalue weighted by Crippen LogP contribution is 2.29. The number of aromatic nitrogens is 5. The van der Waals surface area contributed by atoms with Crippen molar-refractivity contribution in [2.45, 2.75) is 31.9 Å². The average molecular weight is 484 g/mol. The number of nitrogens with one attached hydrogen (secondary N) is 1. The van der Waals surface area contributed by atoms with Gasteiger partial charge in [-0.15, -0.1) is 0 Å². The van der Waals surface area contributed by atoms with E-state index in [2.05, 4.69) is 25.4 Å². The van der Waals surface area contributed by atoms with Crippen LogP contribution >= 0.6 is 23.2 Å². The molecule has 1 atom stereocenters. The number of nitrogen functional groups attached to an aromatic ring is 1. The first-order valence-corrected chi connectivity index (χ1v) is 11.6. The number of benzene rings is 2. The highest BCUT2D eigenvalue weighted by molar-refractivity contribution is 6.42. The summed E-state index contributed by atoms with van der Waals surface area (Å²) in [5, 5.41) is 9.89. The Morgan fingerprint density at radius 3 is 2.88 bits per heavy atom. The van der Waals surface area contributed by atoms with Crippen molar-refractivity contribution in [3.63, 3.8) is 0 Å². The Labute approximate surface area is 201 Å². The Bertz CT molecular complexity index is 1290. The fourth-order valence-corrected chi connectivity index (χ4v) is 4.39. The van der Waals surface area contributed by atoms with Crippen LogP contribution in [0.1, 0.15) is 31.1 Å². The Hall–Kier alpha value is -2.94. The minimum Gasteiger partial charge on any atom is -0.368 e. The first-order valence-electron chi connectivity index (χ1n) is 10.9. The molecule has 0 aliphatic carbocycles. The lowest BCUT2D eigenvalue weighted by Crippen LogP contribution is -2.18. The quantitative estimate of drug-likeness (QED) is 0.391. The summed E-state index contributed by atoms with van der Waals surface area (Å²) in [7, 11) is 0. The van der Waals surface area contributed by atoms with E-state index in [0.717, 1.165) is 47.9 Å². The van der Waals surface area contributed by atoms with Crippen molar-refractivity contribution >= 4 is 46.0 Å². The van der Waals surface area contributed by atoms with Gasteiger partial charge in [-0.2, -0.15) is 20.1 Å². The maximum absolute atomic E-state index is 6.28. The van der Waals surface area contributed by atoms with Crippen LogP contribution in [0.4, 0.5) is 11.9 Å². The van der Waals surface area contributed by atoms with Gasteiger partial charge in [0, 0.05) is 24.1 Å². The van der Waals surface area contributed by atoms with Crippen molar-refractivity contribution in [1.29, 1.82) is 0 Å². The molecule has 2 aromatic carbocycles. The predicted octanol–water partition coefficient (Wildman–Crippen LogP) is 5.13. The van der Waals surface area contributed by atoms with Crippen LogP contribution in [0, 0.1) is 0 Å². The van der Waals surface area contributed by atoms with Crippen LogP contribution in [0.15, 0.2) is 42.6 Å². The minimum absolute atomic E-state index is 0.0505. The molecule has 33 heavy (non-hydrogen) atoms. The molecule has 1 aliphatic rings. The SMILES string of the molecule is Nc1nc(NCCc2cccc(Cl)c2Cl)nc(-c2ccc3cnn(C4CCCCO4)c3c2)n1. The number of fused-ring (bicyclic) bond motifs is 1. The van der Waals surface area contributed by atoms with Crippen LogP contribution in [-0.4, -0.2) is 37.9 Å². The van der Waals surface area contributed by atoms with E-state index in [1.54, 1.807) is 6.07 Å². The number of ether oxygens (including phenoxy) is 1. The molecule has 0 spiro atoms. The second-order valence-electron chi connectivity index (χ2n) is 7.91. The molecule has 0 radical (unpaired) electrons. The molecule has 170 valence electrons. The third-order valence-corrected chi connectivity index (χ3v) is 6.50. The van der Waals surface area contributed by atoms with E-state index in [4.69, 9.17) is 33.7 Å². The number of nitrogens with zero attached hydrogens (tertiary/aromatic N) is 5. The molecule has 3 heterocycles. The molecule has 0 bridgehead atoms. The van der Waals surface area contributed by atoms with E-state index in [1.807, 2.05) is 41.2 Å². The van der Waals surface area contributed by atoms with Crippen LogP contribution in [-0.2, 0) is 11.2 Å². The highest BCUT2D eigenvalue weighted by Gasteiger charge is 2.19. The molecule has 4 aromatic rings. The van der Waals surface area contributed by atoms with E-state index < -0.39 is 0 Å². The molecule has 1 fully saturated rings. The molecule has 1 saturated heterocycles. The summed E-state index contributed by atoms with van der Waals surface area (Å²) < 4.78 is 7.86. The largest absolute Gasteiger partial charge is 0.368 e. The van der Waals surface area contributed by atoms with Crippen molar-refractivity contribution in [1.82, 2.24) is 24.7 Å². The topological polar surface area (TPSA) is 104 Å². The van der Waals surface area contributed by atoms with Gasteiger partial charge in [0.1, 0.15) is 0 Å². The maximum Gasteiger partial charge on any atom is 0.228 e. The predicted molar refractivity (Wildman–Crippen MR) is 130 cm³/mol. The standard InChI is InChI=1S/C23H23Cl2N7O/c24-17-5-3-4-14(20(17)25)9-10-27-23-30-21(29-22(26)31-23)15-7-8-16-13-28-32(18(16)12-15)19-6-1-2-11-33-19/h3-5,7-8,12-13,19H,1-2,6,9-11H2,(H3,26,27,29,30,31). The fraction of sp³-hybridized carbons (Fsp3) is 0.304. The van der Waals surface area contributed by atoms with E-state index >= 15 is 0 Å². The van der Waals surface area contributed by atoms with Crippen molar-refractivity contribution in [3.05, 3.63) is 58.2 Å². The summed E-state index contributed by atoms with van der Waals surface area (Å²) in [5.41, 5.74) is 8.74. The molecular formula is C23H23Cl2N7O. The summed E-state index contributed by atoms with van der Waals surface area (Å²) in [6, 6.07) is 11.6. The zero-order valence-corrected chi connectivity index (χ0v) is 19.4. The van der Waals surface area contributed by atoms with E-state index in [0.29, 0.717) is 34.8 Å². The van der Waals surface area contributed by atoms with Gasteiger partial charge in [-0.1, -0.05) is 47.5 Å². The molecule has 8 nitrogen and oxygen atoms in total. The molecule has 10 heteroatoms. The number of anilines is 2. The molecular weight excluding hydrogens is 461 g/mol. The normalized spacial score (nSPS) is 16.2. The van der Waals surface area contributed by atoms with Crippen LogP contribution in [0.2, 0.25) is 10.0 Å². The first kappa shape index (κ1) is 21.9. The Balaban J connectivity index is 1.37. The Morgan fingerprint density at radius 1 is 1.12 bits per heavy atom. The number of rotatable bonds is 6. The number of nitrogens with two attached hydrogens (primary N) is 1. The van der Waals surface area contributed by atoms with Gasteiger partial charge in [0.25, 0.3) is 0 Å². The summed E-state index contributed by atoms with van der Waals surface area (Å²) in [6.45, 7) is 1.32. The molecule has 2 aromatic heterocycles. The molecule has 1 aliphatic heterocycles. The van der Waals surface area contributed by atoms with Gasteiger partial charge in [-0.25, -0.2) is 4.68 Å². The molecule has 3 N–H and O–H groups in total. The van der Waals surface area contributed by atoms with Gasteiger partial charge in [0.05, 0.1) is 21.8 Å². The number of hydrogen-bond donors (Lipinski definition) is 2. The second kappa shape index (κ2) is 9.51. The maximum atomic E-state index is 6.28. The van der Waals surface area contributed by atoms with Gasteiger partial charge >= 0.3 is 0 Å². The van der Waals surface area contributed by atoms with Crippen molar-refractivity contribution in [2.24, 2.45) is 0 Å².